The first-order chi connectivity index (χ1) is 12.5. The summed E-state index contributed by atoms with van der Waals surface area (Å²) < 4.78 is 10.5. The Morgan fingerprint density at radius 1 is 1.08 bits per heavy atom. The summed E-state index contributed by atoms with van der Waals surface area (Å²) in [7, 11) is 0. The lowest BCUT2D eigenvalue weighted by Gasteiger charge is -2.08. The van der Waals surface area contributed by atoms with Crippen LogP contribution in [-0.2, 0) is 9.59 Å². The van der Waals surface area contributed by atoms with Gasteiger partial charge in [0.05, 0.1) is 17.3 Å². The molecule has 26 heavy (non-hydrogen) atoms. The van der Waals surface area contributed by atoms with Gasteiger partial charge in [0.25, 0.3) is 0 Å². The number of benzene rings is 2. The van der Waals surface area contributed by atoms with E-state index in [-0.39, 0.29) is 13.3 Å². The molecule has 1 aliphatic heterocycles. The molecule has 3 rings (SSSR count). The Balaban J connectivity index is 1.50. The van der Waals surface area contributed by atoms with Crippen LogP contribution in [0.3, 0.4) is 0 Å². The minimum atomic E-state index is -0.418. The molecule has 0 aliphatic carbocycles. The lowest BCUT2D eigenvalue weighted by atomic mass is 10.2. The maximum absolute atomic E-state index is 11.9. The molecule has 1 heterocycles. The third-order valence-corrected chi connectivity index (χ3v) is 4.01. The number of rotatable bonds is 5. The average molecular weight is 393 g/mol. The molecule has 0 unspecified atom stereocenters. The van der Waals surface area contributed by atoms with Crippen LogP contribution < -0.4 is 20.1 Å². The summed E-state index contributed by atoms with van der Waals surface area (Å²) in [6.07, 6.45) is 2.94. The van der Waals surface area contributed by atoms with Crippen LogP contribution in [0.25, 0.3) is 6.08 Å². The van der Waals surface area contributed by atoms with E-state index in [4.69, 9.17) is 32.7 Å². The summed E-state index contributed by atoms with van der Waals surface area (Å²) >= 11 is 11.8. The molecule has 0 atom stereocenters. The average Bonchev–Trinajstić information content (AvgIpc) is 3.09. The predicted octanol–water partition coefficient (Wildman–Crippen LogP) is 3.49. The van der Waals surface area contributed by atoms with Gasteiger partial charge in [0.15, 0.2) is 11.5 Å². The molecule has 2 N–H and O–H groups in total. The van der Waals surface area contributed by atoms with Crippen molar-refractivity contribution in [1.82, 2.24) is 5.32 Å². The van der Waals surface area contributed by atoms with Crippen LogP contribution in [0.15, 0.2) is 42.5 Å². The van der Waals surface area contributed by atoms with Gasteiger partial charge in [0.1, 0.15) is 0 Å². The molecule has 2 aromatic rings. The second-order valence-corrected chi connectivity index (χ2v) is 6.18. The van der Waals surface area contributed by atoms with E-state index in [1.54, 1.807) is 36.4 Å². The molecule has 0 spiro atoms. The van der Waals surface area contributed by atoms with E-state index < -0.39 is 11.8 Å². The number of carbonyl (C=O) groups excluding carboxylic acids is 2. The number of hydrogen-bond acceptors (Lipinski definition) is 4. The molecule has 0 saturated carbocycles. The fourth-order valence-corrected chi connectivity index (χ4v) is 2.54. The van der Waals surface area contributed by atoms with Gasteiger partial charge in [-0.1, -0.05) is 29.3 Å². The summed E-state index contributed by atoms with van der Waals surface area (Å²) in [6.45, 7) is -0.0120. The van der Waals surface area contributed by atoms with Crippen LogP contribution in [0.5, 0.6) is 11.5 Å². The number of halogens is 2. The molecular formula is C18H14Cl2N2O4. The Bertz CT molecular complexity index is 883. The third kappa shape index (κ3) is 4.68. The molecular weight excluding hydrogens is 379 g/mol. The normalized spacial score (nSPS) is 12.2. The summed E-state index contributed by atoms with van der Waals surface area (Å²) in [6, 6.07) is 10.0. The van der Waals surface area contributed by atoms with Gasteiger partial charge in [-0.2, -0.15) is 0 Å². The SMILES string of the molecule is O=C(/C=C/c1ccc2c(c1)OCO2)NCC(=O)Nc1cc(Cl)ccc1Cl. The predicted molar refractivity (Wildman–Crippen MR) is 99.7 cm³/mol. The number of ether oxygens (including phenoxy) is 2. The van der Waals surface area contributed by atoms with Gasteiger partial charge in [-0.25, -0.2) is 0 Å². The second kappa shape index (κ2) is 8.12. The fraction of sp³-hybridized carbons (Fsp3) is 0.111. The standard InChI is InChI=1S/C18H14Cl2N2O4/c19-12-3-4-13(20)14(8-12)22-18(24)9-21-17(23)6-2-11-1-5-15-16(7-11)26-10-25-15/h1-8H,9-10H2,(H,21,23)(H,22,24)/b6-2+. The largest absolute Gasteiger partial charge is 0.454 e. The highest BCUT2D eigenvalue weighted by molar-refractivity contribution is 6.35. The molecule has 2 amide bonds. The minimum absolute atomic E-state index is 0.189. The van der Waals surface area contributed by atoms with E-state index >= 15 is 0 Å². The van der Waals surface area contributed by atoms with Gasteiger partial charge in [0.2, 0.25) is 18.6 Å². The van der Waals surface area contributed by atoms with Crippen molar-refractivity contribution in [1.29, 1.82) is 0 Å². The Labute approximate surface area is 159 Å². The molecule has 0 bridgehead atoms. The van der Waals surface area contributed by atoms with Crippen molar-refractivity contribution in [3.8, 4) is 11.5 Å². The second-order valence-electron chi connectivity index (χ2n) is 5.34. The maximum atomic E-state index is 11.9. The number of hydrogen-bond donors (Lipinski definition) is 2. The molecule has 2 aromatic carbocycles. The molecule has 0 saturated heterocycles. The molecule has 6 nitrogen and oxygen atoms in total. The lowest BCUT2D eigenvalue weighted by molar-refractivity contribution is -0.121. The third-order valence-electron chi connectivity index (χ3n) is 3.45. The highest BCUT2D eigenvalue weighted by Crippen LogP contribution is 2.32. The molecule has 8 heteroatoms. The molecule has 0 radical (unpaired) electrons. The van der Waals surface area contributed by atoms with Crippen molar-refractivity contribution < 1.29 is 19.1 Å². The van der Waals surface area contributed by atoms with Crippen molar-refractivity contribution in [2.24, 2.45) is 0 Å². The molecule has 0 fully saturated rings. The van der Waals surface area contributed by atoms with Gasteiger partial charge in [-0.3, -0.25) is 9.59 Å². The lowest BCUT2D eigenvalue weighted by Crippen LogP contribution is -2.31. The van der Waals surface area contributed by atoms with Gasteiger partial charge >= 0.3 is 0 Å². The van der Waals surface area contributed by atoms with E-state index in [0.29, 0.717) is 27.2 Å². The zero-order chi connectivity index (χ0) is 18.5. The first-order valence-electron chi connectivity index (χ1n) is 7.62. The summed E-state index contributed by atoms with van der Waals surface area (Å²) in [5.41, 5.74) is 1.16. The maximum Gasteiger partial charge on any atom is 0.244 e. The number of fused-ring (bicyclic) bond motifs is 1. The Kier molecular flexibility index (Phi) is 5.65. The first-order valence-corrected chi connectivity index (χ1v) is 8.37. The van der Waals surface area contributed by atoms with E-state index in [1.807, 2.05) is 0 Å². The van der Waals surface area contributed by atoms with Crippen molar-refractivity contribution >= 4 is 46.8 Å². The molecule has 134 valence electrons. The summed E-state index contributed by atoms with van der Waals surface area (Å²) in [5, 5.41) is 5.88. The van der Waals surface area contributed by atoms with Crippen molar-refractivity contribution in [3.05, 3.63) is 58.1 Å². The summed E-state index contributed by atoms with van der Waals surface area (Å²) in [5.74, 6) is 0.474. The number of carbonyl (C=O) groups is 2. The van der Waals surface area contributed by atoms with Crippen LogP contribution in [0.4, 0.5) is 5.69 Å². The van der Waals surface area contributed by atoms with Crippen molar-refractivity contribution in [2.45, 2.75) is 0 Å². The van der Waals surface area contributed by atoms with E-state index in [9.17, 15) is 9.59 Å². The van der Waals surface area contributed by atoms with Gasteiger partial charge in [-0.15, -0.1) is 0 Å². The smallest absolute Gasteiger partial charge is 0.244 e. The van der Waals surface area contributed by atoms with Crippen LogP contribution in [-0.4, -0.2) is 25.2 Å². The Hall–Kier alpha value is -2.70. The van der Waals surface area contributed by atoms with E-state index in [1.165, 1.54) is 12.1 Å². The monoisotopic (exact) mass is 392 g/mol. The van der Waals surface area contributed by atoms with E-state index in [0.717, 1.165) is 5.56 Å². The fourth-order valence-electron chi connectivity index (χ4n) is 2.20. The topological polar surface area (TPSA) is 76.7 Å². The zero-order valence-corrected chi connectivity index (χ0v) is 14.9. The highest BCUT2D eigenvalue weighted by Gasteiger charge is 2.12. The van der Waals surface area contributed by atoms with Gasteiger partial charge in [0, 0.05) is 11.1 Å². The Morgan fingerprint density at radius 3 is 2.73 bits per heavy atom. The van der Waals surface area contributed by atoms with E-state index in [2.05, 4.69) is 10.6 Å². The van der Waals surface area contributed by atoms with Gasteiger partial charge < -0.3 is 20.1 Å². The quantitative estimate of drug-likeness (QED) is 0.763. The number of nitrogens with one attached hydrogen (secondary N) is 2. The minimum Gasteiger partial charge on any atom is -0.454 e. The summed E-state index contributed by atoms with van der Waals surface area (Å²) in [4.78, 5) is 23.7. The molecule has 1 aliphatic rings. The van der Waals surface area contributed by atoms with Crippen LogP contribution in [0, 0.1) is 0 Å². The van der Waals surface area contributed by atoms with Crippen molar-refractivity contribution in [3.63, 3.8) is 0 Å². The van der Waals surface area contributed by atoms with Crippen LogP contribution in [0.1, 0.15) is 5.56 Å². The highest BCUT2D eigenvalue weighted by atomic mass is 35.5. The number of anilines is 1. The van der Waals surface area contributed by atoms with Crippen molar-refractivity contribution in [2.75, 3.05) is 18.7 Å². The van der Waals surface area contributed by atoms with Gasteiger partial charge in [-0.05, 0) is 42.0 Å². The van der Waals surface area contributed by atoms with Crippen LogP contribution in [0.2, 0.25) is 10.0 Å². The van der Waals surface area contributed by atoms with Crippen LogP contribution >= 0.6 is 23.2 Å². The first kappa shape index (κ1) is 18.1. The zero-order valence-electron chi connectivity index (χ0n) is 13.4. The Morgan fingerprint density at radius 2 is 1.88 bits per heavy atom. The number of amides is 2. The molecule has 0 aromatic heterocycles.